The van der Waals surface area contributed by atoms with Crippen molar-refractivity contribution in [2.75, 3.05) is 13.7 Å². The van der Waals surface area contributed by atoms with E-state index in [1.54, 1.807) is 6.92 Å². The van der Waals surface area contributed by atoms with Crippen LogP contribution >= 0.6 is 0 Å². The van der Waals surface area contributed by atoms with Gasteiger partial charge in [0.25, 0.3) is 0 Å². The number of aliphatic hydroxyl groups is 2. The summed E-state index contributed by atoms with van der Waals surface area (Å²) in [7, 11) is 1.33. The Labute approximate surface area is 388 Å². The Morgan fingerprint density at radius 3 is 1.91 bits per heavy atom. The summed E-state index contributed by atoms with van der Waals surface area (Å²) in [4.78, 5) is 44.8. The number of nitrogens with one attached hydrogen (secondary N) is 2. The number of aromatic amines is 2. The molecule has 3 aromatic rings. The summed E-state index contributed by atoms with van der Waals surface area (Å²) in [5.41, 5.74) is 8.55. The van der Waals surface area contributed by atoms with Crippen LogP contribution in [-0.2, 0) is 19.1 Å². The minimum atomic E-state index is -1.08. The van der Waals surface area contributed by atoms with Crippen molar-refractivity contribution in [1.82, 2.24) is 19.9 Å². The maximum atomic E-state index is 13.7. The molecule has 0 aromatic carbocycles. The predicted octanol–water partition coefficient (Wildman–Crippen LogP) is 12.5. The molecule has 8 atom stereocenters. The maximum Gasteiger partial charge on any atom is 0.321 e. The first-order valence-electron chi connectivity index (χ1n) is 25.1. The lowest BCUT2D eigenvalue weighted by Crippen LogP contribution is -2.18. The highest BCUT2D eigenvalue weighted by atomic mass is 16.5. The third-order valence-electron chi connectivity index (χ3n) is 15.3. The third-order valence-corrected chi connectivity index (χ3v) is 15.3. The molecule has 1 unspecified atom stereocenters. The van der Waals surface area contributed by atoms with Gasteiger partial charge >= 0.3 is 11.9 Å². The smallest absolute Gasteiger partial charge is 0.321 e. The summed E-state index contributed by atoms with van der Waals surface area (Å²) in [5.74, 6) is 0.918. The minimum absolute atomic E-state index is 0.0683. The van der Waals surface area contributed by atoms with E-state index >= 15 is 0 Å². The molecule has 1 aliphatic carbocycles. The van der Waals surface area contributed by atoms with Gasteiger partial charge in [-0.2, -0.15) is 0 Å². The van der Waals surface area contributed by atoms with Gasteiger partial charge in [-0.1, -0.05) is 113 Å². The molecule has 3 aliphatic rings. The van der Waals surface area contributed by atoms with Gasteiger partial charge in [0.05, 0.1) is 36.2 Å². The van der Waals surface area contributed by atoms with Crippen molar-refractivity contribution in [1.29, 1.82) is 0 Å². The van der Waals surface area contributed by atoms with Crippen LogP contribution in [0.1, 0.15) is 215 Å². The molecule has 10 heteroatoms. The SMILES string of the molecule is CC[C@H]1c2cc3[nH]c4c(c5nc(cc6[nH]c(cc(n2)[C@@H]1C)/c(=C(/C)O)c6C)[C@@H](C)[C@@H]5CCC(=O)OCCC(C)CCC[C@H](C)CCC[C@@H](C)CCCC(C)C)[C@@H](C(=O)OC)C(O)=c4c3C. The van der Waals surface area contributed by atoms with Gasteiger partial charge < -0.3 is 29.7 Å². The third kappa shape index (κ3) is 11.2. The van der Waals surface area contributed by atoms with Crippen molar-refractivity contribution < 1.29 is 29.3 Å². The number of carbonyl (C=O) groups excluding carboxylic acids is 2. The van der Waals surface area contributed by atoms with E-state index in [1.807, 2.05) is 19.9 Å². The molecule has 6 rings (SSSR count). The number of rotatable bonds is 20. The Kier molecular flexibility index (Phi) is 16.7. The number of fused-ring (bicyclic) bond motifs is 8. The Morgan fingerprint density at radius 1 is 0.754 bits per heavy atom. The van der Waals surface area contributed by atoms with Gasteiger partial charge in [-0.15, -0.1) is 0 Å². The number of hydrogen-bond acceptors (Lipinski definition) is 8. The lowest BCUT2D eigenvalue weighted by Gasteiger charge is -2.19. The monoisotopic (exact) mass is 893 g/mol. The number of methoxy groups -OCH3 is 1. The van der Waals surface area contributed by atoms with Crippen LogP contribution in [0.3, 0.4) is 0 Å². The number of carbonyl (C=O) groups is 2. The molecule has 0 saturated carbocycles. The molecule has 0 spiro atoms. The number of ether oxygens (including phenoxy) is 2. The molecule has 0 amide bonds. The molecule has 2 aliphatic heterocycles. The Morgan fingerprint density at radius 2 is 1.31 bits per heavy atom. The van der Waals surface area contributed by atoms with E-state index in [0.717, 1.165) is 87.0 Å². The van der Waals surface area contributed by atoms with Crippen LogP contribution in [0, 0.1) is 37.5 Å². The standard InChI is InChI=1S/C55H80N4O6/c1-13-39-34(7)41-29-46-48(38(11)60)36(9)43(57-46)27-42-35(8)40(52(58-42)50-51(55(63)64-12)54(62)49-37(10)44(59-53(49)50)28-45(39)56-41)23-24-47(61)65-26-25-33(6)22-16-21-32(5)20-15-19-31(4)18-14-17-30(2)3/h27-35,39-40,51,57,59-60,62H,13-26H2,1-12H3/b42-27?,45-28?,46-29?,48-38-/t31-,32+,33?,34+,35-,39+,40-,51+/m0/s1. The fraction of sp³-hybridized carbons (Fsp3) is 0.636. The quantitative estimate of drug-likeness (QED) is 0.0819. The fourth-order valence-corrected chi connectivity index (χ4v) is 11.0. The summed E-state index contributed by atoms with van der Waals surface area (Å²) < 4.78 is 11.2. The van der Waals surface area contributed by atoms with E-state index in [-0.39, 0.29) is 47.6 Å². The molecule has 65 heavy (non-hydrogen) atoms. The zero-order valence-electron chi connectivity index (χ0n) is 41.7. The summed E-state index contributed by atoms with van der Waals surface area (Å²) in [6.45, 7) is 24.2. The van der Waals surface area contributed by atoms with Gasteiger partial charge in [0.2, 0.25) is 0 Å². The predicted molar refractivity (Wildman–Crippen MR) is 264 cm³/mol. The second kappa shape index (κ2) is 21.8. The van der Waals surface area contributed by atoms with Crippen molar-refractivity contribution in [3.05, 3.63) is 68.1 Å². The van der Waals surface area contributed by atoms with E-state index in [9.17, 15) is 19.8 Å². The molecule has 3 aromatic heterocycles. The Bertz CT molecular complexity index is 2480. The van der Waals surface area contributed by atoms with E-state index < -0.39 is 11.9 Å². The van der Waals surface area contributed by atoms with Gasteiger partial charge in [0, 0.05) is 74.2 Å². The average Bonchev–Trinajstić information content (AvgIpc) is 4.00. The zero-order chi connectivity index (χ0) is 47.3. The number of nitrogens with zero attached hydrogens (tertiary/aromatic N) is 2. The van der Waals surface area contributed by atoms with Gasteiger partial charge in [-0.05, 0) is 93.0 Å². The van der Waals surface area contributed by atoms with E-state index in [0.29, 0.717) is 40.9 Å². The van der Waals surface area contributed by atoms with E-state index in [1.165, 1.54) is 58.5 Å². The van der Waals surface area contributed by atoms with Crippen molar-refractivity contribution in [3.8, 4) is 0 Å². The van der Waals surface area contributed by atoms with Gasteiger partial charge in [0.1, 0.15) is 11.7 Å². The highest BCUT2D eigenvalue weighted by molar-refractivity contribution is 5.96. The van der Waals surface area contributed by atoms with Gasteiger partial charge in [-0.3, -0.25) is 19.6 Å². The summed E-state index contributed by atoms with van der Waals surface area (Å²) in [6.07, 6.45) is 13.9. The molecule has 0 saturated heterocycles. The highest BCUT2D eigenvalue weighted by Crippen LogP contribution is 2.46. The van der Waals surface area contributed by atoms with Crippen LogP contribution < -0.4 is 10.4 Å². The molecule has 8 bridgehead atoms. The maximum absolute atomic E-state index is 13.7. The first kappa shape index (κ1) is 49.8. The number of hydrogen-bond donors (Lipinski definition) is 4. The zero-order valence-corrected chi connectivity index (χ0v) is 41.7. The molecule has 356 valence electrons. The van der Waals surface area contributed by atoms with Crippen LogP contribution in [-0.4, -0.2) is 55.8 Å². The second-order valence-electron chi connectivity index (χ2n) is 20.8. The van der Waals surface area contributed by atoms with Crippen molar-refractivity contribution in [3.63, 3.8) is 0 Å². The minimum Gasteiger partial charge on any atom is -0.512 e. The van der Waals surface area contributed by atoms with E-state index in [4.69, 9.17) is 19.4 Å². The van der Waals surface area contributed by atoms with Crippen LogP contribution in [0.15, 0.2) is 18.2 Å². The largest absolute Gasteiger partial charge is 0.512 e. The van der Waals surface area contributed by atoms with Crippen molar-refractivity contribution >= 4 is 45.5 Å². The highest BCUT2D eigenvalue weighted by Gasteiger charge is 2.42. The lowest BCUT2D eigenvalue weighted by atomic mass is 9.84. The summed E-state index contributed by atoms with van der Waals surface area (Å²) in [5, 5.41) is 24.2. The lowest BCUT2D eigenvalue weighted by molar-refractivity contribution is -0.144. The average molecular weight is 893 g/mol. The number of esters is 2. The molecule has 4 N–H and O–H groups in total. The number of aryl methyl sites for hydroxylation is 2. The van der Waals surface area contributed by atoms with Crippen LogP contribution in [0.5, 0.6) is 0 Å². The Balaban J connectivity index is 1.23. The normalized spacial score (nSPS) is 21.1. The molecular weight excluding hydrogens is 813 g/mol. The first-order chi connectivity index (χ1) is 30.9. The topological polar surface area (TPSA) is 150 Å². The van der Waals surface area contributed by atoms with Crippen LogP contribution in [0.25, 0.3) is 33.6 Å². The Hall–Kier alpha value is -4.60. The molecule has 0 fully saturated rings. The van der Waals surface area contributed by atoms with Crippen LogP contribution in [0.2, 0.25) is 0 Å². The molecular formula is C55H80N4O6. The fourth-order valence-electron chi connectivity index (χ4n) is 11.0. The molecule has 10 nitrogen and oxygen atoms in total. The van der Waals surface area contributed by atoms with Gasteiger partial charge in [-0.25, -0.2) is 0 Å². The molecule has 0 radical (unpaired) electrons. The first-order valence-corrected chi connectivity index (χ1v) is 25.1. The van der Waals surface area contributed by atoms with Gasteiger partial charge in [0.15, 0.2) is 0 Å². The second-order valence-corrected chi connectivity index (χ2v) is 20.8. The van der Waals surface area contributed by atoms with E-state index in [2.05, 4.69) is 77.5 Å². The van der Waals surface area contributed by atoms with Crippen molar-refractivity contribution in [2.45, 2.75) is 189 Å². The molecule has 5 heterocycles. The number of aliphatic hydroxyl groups excluding tert-OH is 2. The number of aromatic nitrogens is 4. The summed E-state index contributed by atoms with van der Waals surface area (Å²) >= 11 is 0. The van der Waals surface area contributed by atoms with Crippen LogP contribution in [0.4, 0.5) is 0 Å². The summed E-state index contributed by atoms with van der Waals surface area (Å²) in [6, 6.07) is 6.14. The van der Waals surface area contributed by atoms with Crippen molar-refractivity contribution in [2.24, 2.45) is 23.7 Å². The number of H-pyrrole nitrogens is 2.